The van der Waals surface area contributed by atoms with Crippen LogP contribution >= 0.6 is 0 Å². The van der Waals surface area contributed by atoms with Gasteiger partial charge >= 0.3 is 5.69 Å². The van der Waals surface area contributed by atoms with Crippen LogP contribution in [0.3, 0.4) is 0 Å². The maximum absolute atomic E-state index is 12.9. The summed E-state index contributed by atoms with van der Waals surface area (Å²) in [6, 6.07) is 7.08. The quantitative estimate of drug-likeness (QED) is 0.680. The van der Waals surface area contributed by atoms with Crippen LogP contribution in [-0.4, -0.2) is 38.4 Å². The molecule has 25 heavy (non-hydrogen) atoms. The number of carbonyl (C=O) groups excluding carboxylic acids is 1. The molecular formula is C18H18N4O3. The number of pyridine rings is 1. The fourth-order valence-electron chi connectivity index (χ4n) is 3.61. The van der Waals surface area contributed by atoms with E-state index in [1.807, 2.05) is 18.2 Å². The van der Waals surface area contributed by atoms with Crippen LogP contribution in [0.25, 0.3) is 21.8 Å². The molecule has 0 radical (unpaired) electrons. The smallest absolute Gasteiger partial charge is 0.329 e. The highest BCUT2D eigenvalue weighted by molar-refractivity contribution is 6.02. The molecule has 2 aromatic heterocycles. The van der Waals surface area contributed by atoms with Gasteiger partial charge in [0.05, 0.1) is 16.4 Å². The molecule has 128 valence electrons. The standard InChI is InChI=1S/C18H18N4O3/c1-11(23)21-9-6-13(7-10-21)22-17(24)14-5-4-12-3-2-8-19-15(12)16(14)20-18(22)25/h2-5,8,13H,6-7,9-10H2,1H3,(H,20,25). The summed E-state index contributed by atoms with van der Waals surface area (Å²) in [5.74, 6) is 0.0239. The fraction of sp³-hybridized carbons (Fsp3) is 0.333. The molecule has 0 unspecified atom stereocenters. The van der Waals surface area contributed by atoms with Crippen LogP contribution in [0.1, 0.15) is 25.8 Å². The number of carbonyl (C=O) groups is 1. The number of fused-ring (bicyclic) bond motifs is 3. The lowest BCUT2D eigenvalue weighted by molar-refractivity contribution is -0.130. The van der Waals surface area contributed by atoms with Crippen molar-refractivity contribution >= 4 is 27.7 Å². The van der Waals surface area contributed by atoms with Crippen molar-refractivity contribution in [2.75, 3.05) is 13.1 Å². The van der Waals surface area contributed by atoms with E-state index in [1.165, 1.54) is 11.5 Å². The van der Waals surface area contributed by atoms with E-state index in [2.05, 4.69) is 9.97 Å². The van der Waals surface area contributed by atoms with Crippen molar-refractivity contribution in [3.05, 3.63) is 51.3 Å². The average molecular weight is 338 g/mol. The van der Waals surface area contributed by atoms with E-state index in [4.69, 9.17) is 0 Å². The Morgan fingerprint density at radius 3 is 2.68 bits per heavy atom. The van der Waals surface area contributed by atoms with Crippen molar-refractivity contribution in [1.29, 1.82) is 0 Å². The van der Waals surface area contributed by atoms with Crippen LogP contribution in [0.15, 0.2) is 40.1 Å². The number of aromatic amines is 1. The SMILES string of the molecule is CC(=O)N1CCC(n2c(=O)[nH]c3c(ccc4cccnc43)c2=O)CC1. The number of hydrogen-bond acceptors (Lipinski definition) is 4. The number of nitrogens with one attached hydrogen (secondary N) is 1. The van der Waals surface area contributed by atoms with Crippen LogP contribution < -0.4 is 11.2 Å². The van der Waals surface area contributed by atoms with Gasteiger partial charge in [0.2, 0.25) is 5.91 Å². The highest BCUT2D eigenvalue weighted by Gasteiger charge is 2.25. The predicted molar refractivity (Wildman–Crippen MR) is 94.7 cm³/mol. The zero-order valence-corrected chi connectivity index (χ0v) is 13.9. The van der Waals surface area contributed by atoms with Crippen molar-refractivity contribution in [3.8, 4) is 0 Å². The maximum atomic E-state index is 12.9. The van der Waals surface area contributed by atoms with Gasteiger partial charge in [0, 0.05) is 37.6 Å². The molecule has 1 amide bonds. The molecule has 1 aliphatic heterocycles. The van der Waals surface area contributed by atoms with Crippen molar-refractivity contribution in [1.82, 2.24) is 19.4 Å². The largest absolute Gasteiger partial charge is 0.343 e. The minimum absolute atomic E-state index is 0.0239. The van der Waals surface area contributed by atoms with E-state index in [0.717, 1.165) is 5.39 Å². The summed E-state index contributed by atoms with van der Waals surface area (Å²) in [6.07, 6.45) is 2.84. The summed E-state index contributed by atoms with van der Waals surface area (Å²) in [4.78, 5) is 45.9. The zero-order chi connectivity index (χ0) is 17.6. The van der Waals surface area contributed by atoms with Crippen molar-refractivity contribution in [2.45, 2.75) is 25.8 Å². The molecule has 1 aliphatic rings. The molecule has 1 fully saturated rings. The molecular weight excluding hydrogens is 320 g/mol. The van der Waals surface area contributed by atoms with Gasteiger partial charge in [-0.3, -0.25) is 19.1 Å². The third-order valence-electron chi connectivity index (χ3n) is 4.95. The van der Waals surface area contributed by atoms with Gasteiger partial charge in [0.25, 0.3) is 5.56 Å². The van der Waals surface area contributed by atoms with Crippen LogP contribution in [-0.2, 0) is 4.79 Å². The molecule has 3 aromatic rings. The highest BCUT2D eigenvalue weighted by Crippen LogP contribution is 2.22. The fourth-order valence-corrected chi connectivity index (χ4v) is 3.61. The monoisotopic (exact) mass is 338 g/mol. The van der Waals surface area contributed by atoms with Gasteiger partial charge < -0.3 is 9.88 Å². The minimum Gasteiger partial charge on any atom is -0.343 e. The molecule has 1 N–H and O–H groups in total. The number of piperidine rings is 1. The molecule has 7 nitrogen and oxygen atoms in total. The Labute approximate surface area is 142 Å². The molecule has 3 heterocycles. The first-order chi connectivity index (χ1) is 12.1. The maximum Gasteiger partial charge on any atom is 0.329 e. The summed E-state index contributed by atoms with van der Waals surface area (Å²) in [6.45, 7) is 2.65. The number of aromatic nitrogens is 3. The number of benzene rings is 1. The normalized spacial score (nSPS) is 15.8. The summed E-state index contributed by atoms with van der Waals surface area (Å²) >= 11 is 0. The van der Waals surface area contributed by atoms with Crippen LogP contribution in [0.2, 0.25) is 0 Å². The van der Waals surface area contributed by atoms with Gasteiger partial charge in [0.1, 0.15) is 0 Å². The molecule has 0 bridgehead atoms. The van der Waals surface area contributed by atoms with E-state index < -0.39 is 5.69 Å². The minimum atomic E-state index is -0.420. The highest BCUT2D eigenvalue weighted by atomic mass is 16.2. The summed E-state index contributed by atoms with van der Waals surface area (Å²) in [5.41, 5.74) is 0.378. The molecule has 1 saturated heterocycles. The Bertz CT molecular complexity index is 1090. The van der Waals surface area contributed by atoms with Gasteiger partial charge in [0.15, 0.2) is 0 Å². The zero-order valence-electron chi connectivity index (χ0n) is 13.9. The number of nitrogens with zero attached hydrogens (tertiary/aromatic N) is 3. The predicted octanol–water partition coefficient (Wildman–Crippen LogP) is 1.42. The first kappa shape index (κ1) is 15.6. The van der Waals surface area contributed by atoms with E-state index in [9.17, 15) is 14.4 Å². The van der Waals surface area contributed by atoms with Gasteiger partial charge in [-0.05, 0) is 25.0 Å². The Balaban J connectivity index is 1.84. The van der Waals surface area contributed by atoms with E-state index >= 15 is 0 Å². The third kappa shape index (κ3) is 2.52. The lowest BCUT2D eigenvalue weighted by Gasteiger charge is -2.31. The molecule has 0 aliphatic carbocycles. The third-order valence-corrected chi connectivity index (χ3v) is 4.95. The molecule has 7 heteroatoms. The number of amides is 1. The molecule has 1 aromatic carbocycles. The summed E-state index contributed by atoms with van der Waals surface area (Å²) in [5, 5.41) is 1.33. The number of rotatable bonds is 1. The van der Waals surface area contributed by atoms with Crippen LogP contribution in [0.5, 0.6) is 0 Å². The summed E-state index contributed by atoms with van der Waals surface area (Å²) in [7, 11) is 0. The van der Waals surface area contributed by atoms with Crippen LogP contribution in [0, 0.1) is 0 Å². The Morgan fingerprint density at radius 2 is 1.96 bits per heavy atom. The lowest BCUT2D eigenvalue weighted by atomic mass is 10.0. The lowest BCUT2D eigenvalue weighted by Crippen LogP contribution is -2.44. The first-order valence-corrected chi connectivity index (χ1v) is 8.34. The number of likely N-dealkylation sites (tertiary alicyclic amines) is 1. The van der Waals surface area contributed by atoms with Gasteiger partial charge in [-0.15, -0.1) is 0 Å². The Kier molecular flexibility index (Phi) is 3.63. The second kappa shape index (κ2) is 5.84. The van der Waals surface area contributed by atoms with E-state index in [-0.39, 0.29) is 17.5 Å². The molecule has 0 atom stereocenters. The van der Waals surface area contributed by atoms with Gasteiger partial charge in [-0.2, -0.15) is 0 Å². The number of H-pyrrole nitrogens is 1. The van der Waals surface area contributed by atoms with Gasteiger partial charge in [-0.1, -0.05) is 12.1 Å². The van der Waals surface area contributed by atoms with Crippen LogP contribution in [0.4, 0.5) is 0 Å². The molecule has 0 saturated carbocycles. The summed E-state index contributed by atoms with van der Waals surface area (Å²) < 4.78 is 1.30. The van der Waals surface area contributed by atoms with E-state index in [1.54, 1.807) is 17.2 Å². The Hall–Kier alpha value is -2.96. The second-order valence-corrected chi connectivity index (χ2v) is 6.41. The van der Waals surface area contributed by atoms with Crippen molar-refractivity contribution < 1.29 is 4.79 Å². The second-order valence-electron chi connectivity index (χ2n) is 6.41. The van der Waals surface area contributed by atoms with E-state index in [0.29, 0.717) is 42.4 Å². The number of hydrogen-bond donors (Lipinski definition) is 1. The average Bonchev–Trinajstić information content (AvgIpc) is 2.62. The first-order valence-electron chi connectivity index (χ1n) is 8.34. The van der Waals surface area contributed by atoms with Crippen molar-refractivity contribution in [2.24, 2.45) is 0 Å². The Morgan fingerprint density at radius 1 is 1.20 bits per heavy atom. The molecule has 4 rings (SSSR count). The molecule has 0 spiro atoms. The van der Waals surface area contributed by atoms with Gasteiger partial charge in [-0.25, -0.2) is 4.79 Å². The van der Waals surface area contributed by atoms with Crippen molar-refractivity contribution in [3.63, 3.8) is 0 Å². The topological polar surface area (TPSA) is 88.1 Å².